The number of pyridine rings is 1. The molecule has 0 saturated heterocycles. The zero-order valence-corrected chi connectivity index (χ0v) is 7.54. The predicted octanol–water partition coefficient (Wildman–Crippen LogP) is 3.07. The smallest absolute Gasteiger partial charge is 0.0698 e. The Morgan fingerprint density at radius 2 is 2.25 bits per heavy atom. The van der Waals surface area contributed by atoms with Crippen LogP contribution in [0, 0.1) is 6.92 Å². The van der Waals surface area contributed by atoms with Crippen LogP contribution in [-0.4, -0.2) is 4.98 Å². The van der Waals surface area contributed by atoms with Crippen LogP contribution in [0.2, 0.25) is 0 Å². The van der Waals surface area contributed by atoms with Crippen LogP contribution in [0.15, 0.2) is 24.9 Å². The Morgan fingerprint density at radius 3 is 2.83 bits per heavy atom. The molecule has 0 unspecified atom stereocenters. The van der Waals surface area contributed by atoms with Gasteiger partial charge in [-0.15, -0.1) is 0 Å². The summed E-state index contributed by atoms with van der Waals surface area (Å²) in [6.45, 7) is 7.79. The molecular formula is C11H13N. The molecule has 12 heavy (non-hydrogen) atoms. The third-order valence-corrected chi connectivity index (χ3v) is 1.77. The van der Waals surface area contributed by atoms with Gasteiger partial charge in [0.15, 0.2) is 0 Å². The van der Waals surface area contributed by atoms with Crippen molar-refractivity contribution in [3.63, 3.8) is 0 Å². The molecule has 0 amide bonds. The Balaban J connectivity index is 3.28. The Morgan fingerprint density at radius 1 is 1.50 bits per heavy atom. The largest absolute Gasteiger partial charge is 0.256 e. The van der Waals surface area contributed by atoms with Crippen molar-refractivity contribution in [3.05, 3.63) is 41.7 Å². The van der Waals surface area contributed by atoms with Crippen LogP contribution >= 0.6 is 0 Å². The summed E-state index contributed by atoms with van der Waals surface area (Å²) in [6.07, 6.45) is 7.65. The molecule has 0 radical (unpaired) electrons. The van der Waals surface area contributed by atoms with E-state index in [9.17, 15) is 0 Å². The number of hydrogen-bond donors (Lipinski definition) is 0. The van der Waals surface area contributed by atoms with Gasteiger partial charge in [-0.2, -0.15) is 0 Å². The number of hydrogen-bond acceptors (Lipinski definition) is 1. The van der Waals surface area contributed by atoms with Gasteiger partial charge in [-0.05, 0) is 31.6 Å². The Bertz CT molecular complexity index is 311. The Labute approximate surface area is 73.5 Å². The van der Waals surface area contributed by atoms with E-state index in [0.717, 1.165) is 11.3 Å². The first-order chi connectivity index (χ1) is 5.79. The molecule has 1 rings (SSSR count). The van der Waals surface area contributed by atoms with Crippen molar-refractivity contribution < 1.29 is 0 Å². The average molecular weight is 159 g/mol. The minimum absolute atomic E-state index is 0.952. The van der Waals surface area contributed by atoms with E-state index in [0.29, 0.717) is 0 Å². The van der Waals surface area contributed by atoms with Gasteiger partial charge in [0.2, 0.25) is 0 Å². The molecular weight excluding hydrogens is 146 g/mol. The van der Waals surface area contributed by atoms with Crippen LogP contribution in [-0.2, 0) is 0 Å². The van der Waals surface area contributed by atoms with Gasteiger partial charge in [0, 0.05) is 11.8 Å². The monoisotopic (exact) mass is 159 g/mol. The highest BCUT2D eigenvalue weighted by Crippen LogP contribution is 2.14. The summed E-state index contributed by atoms with van der Waals surface area (Å²) in [4.78, 5) is 4.21. The van der Waals surface area contributed by atoms with Crippen LogP contribution in [0.1, 0.15) is 23.7 Å². The molecule has 62 valence electrons. The number of allylic oxidation sites excluding steroid dienone is 1. The summed E-state index contributed by atoms with van der Waals surface area (Å²) in [5.74, 6) is 0. The molecule has 0 aliphatic carbocycles. The summed E-state index contributed by atoms with van der Waals surface area (Å²) in [7, 11) is 0. The molecule has 0 aromatic carbocycles. The minimum Gasteiger partial charge on any atom is -0.256 e. The maximum absolute atomic E-state index is 4.21. The van der Waals surface area contributed by atoms with E-state index in [4.69, 9.17) is 0 Å². The molecule has 0 fully saturated rings. The third-order valence-electron chi connectivity index (χ3n) is 1.77. The highest BCUT2D eigenvalue weighted by molar-refractivity contribution is 5.63. The molecule has 0 N–H and O–H groups in total. The Kier molecular flexibility index (Phi) is 2.81. The lowest BCUT2D eigenvalue weighted by molar-refractivity contribution is 1.24. The van der Waals surface area contributed by atoms with Crippen molar-refractivity contribution in [2.45, 2.75) is 13.8 Å². The van der Waals surface area contributed by atoms with E-state index < -0.39 is 0 Å². The summed E-state index contributed by atoms with van der Waals surface area (Å²) in [5.41, 5.74) is 3.35. The van der Waals surface area contributed by atoms with Gasteiger partial charge in [0.1, 0.15) is 0 Å². The molecule has 1 aromatic rings. The topological polar surface area (TPSA) is 12.9 Å². The lowest BCUT2D eigenvalue weighted by Crippen LogP contribution is -1.89. The standard InChI is InChI=1S/C11H13N/c1-4-6-10-9(3)7-8-12-11(10)5-2/h4-8H,2H2,1,3H3/b6-4-. The minimum atomic E-state index is 0.952. The Hall–Kier alpha value is -1.37. The van der Waals surface area contributed by atoms with Crippen molar-refractivity contribution >= 4 is 12.2 Å². The molecule has 0 aliphatic heterocycles. The maximum Gasteiger partial charge on any atom is 0.0698 e. The third kappa shape index (κ3) is 1.62. The summed E-state index contributed by atoms with van der Waals surface area (Å²) < 4.78 is 0. The first-order valence-corrected chi connectivity index (χ1v) is 4.00. The number of aryl methyl sites for hydroxylation is 1. The zero-order valence-electron chi connectivity index (χ0n) is 7.54. The summed E-state index contributed by atoms with van der Waals surface area (Å²) in [5, 5.41) is 0. The molecule has 0 spiro atoms. The molecule has 1 nitrogen and oxygen atoms in total. The second-order valence-electron chi connectivity index (χ2n) is 2.63. The second kappa shape index (κ2) is 3.86. The lowest BCUT2D eigenvalue weighted by Gasteiger charge is -2.02. The quantitative estimate of drug-likeness (QED) is 0.646. The van der Waals surface area contributed by atoms with Crippen LogP contribution in [0.3, 0.4) is 0 Å². The van der Waals surface area contributed by atoms with Gasteiger partial charge in [0.25, 0.3) is 0 Å². The van der Waals surface area contributed by atoms with Gasteiger partial charge in [-0.1, -0.05) is 18.7 Å². The predicted molar refractivity (Wildman–Crippen MR) is 53.8 cm³/mol. The normalized spacial score (nSPS) is 10.5. The van der Waals surface area contributed by atoms with Crippen molar-refractivity contribution in [2.24, 2.45) is 0 Å². The van der Waals surface area contributed by atoms with E-state index >= 15 is 0 Å². The SMILES string of the molecule is C=Cc1nccc(C)c1/C=C\C. The fourth-order valence-electron chi connectivity index (χ4n) is 1.14. The zero-order chi connectivity index (χ0) is 8.97. The molecule has 0 bridgehead atoms. The fraction of sp³-hybridized carbons (Fsp3) is 0.182. The van der Waals surface area contributed by atoms with Crippen molar-refractivity contribution in [2.75, 3.05) is 0 Å². The van der Waals surface area contributed by atoms with Crippen LogP contribution in [0.25, 0.3) is 12.2 Å². The van der Waals surface area contributed by atoms with E-state index in [-0.39, 0.29) is 0 Å². The molecule has 1 heteroatoms. The average Bonchev–Trinajstić information content (AvgIpc) is 2.09. The van der Waals surface area contributed by atoms with Gasteiger partial charge >= 0.3 is 0 Å². The molecule has 1 heterocycles. The van der Waals surface area contributed by atoms with E-state index in [1.165, 1.54) is 5.56 Å². The first-order valence-electron chi connectivity index (χ1n) is 4.00. The highest BCUT2D eigenvalue weighted by atomic mass is 14.7. The van der Waals surface area contributed by atoms with Crippen LogP contribution in [0.4, 0.5) is 0 Å². The maximum atomic E-state index is 4.21. The second-order valence-corrected chi connectivity index (χ2v) is 2.63. The van der Waals surface area contributed by atoms with Gasteiger partial charge in [-0.3, -0.25) is 4.98 Å². The number of nitrogens with zero attached hydrogens (tertiary/aromatic N) is 1. The molecule has 0 saturated carbocycles. The highest BCUT2D eigenvalue weighted by Gasteiger charge is 1.98. The van der Waals surface area contributed by atoms with Gasteiger partial charge < -0.3 is 0 Å². The van der Waals surface area contributed by atoms with E-state index in [1.54, 1.807) is 12.3 Å². The molecule has 0 aliphatic rings. The summed E-state index contributed by atoms with van der Waals surface area (Å²) >= 11 is 0. The van der Waals surface area contributed by atoms with E-state index in [1.807, 2.05) is 19.1 Å². The van der Waals surface area contributed by atoms with Crippen molar-refractivity contribution in [1.82, 2.24) is 4.98 Å². The number of rotatable bonds is 2. The lowest BCUT2D eigenvalue weighted by atomic mass is 10.1. The van der Waals surface area contributed by atoms with Crippen molar-refractivity contribution in [3.8, 4) is 0 Å². The van der Waals surface area contributed by atoms with Crippen molar-refractivity contribution in [1.29, 1.82) is 0 Å². The van der Waals surface area contributed by atoms with Crippen LogP contribution in [0.5, 0.6) is 0 Å². The molecule has 0 atom stereocenters. The van der Waals surface area contributed by atoms with Crippen LogP contribution < -0.4 is 0 Å². The number of aromatic nitrogens is 1. The molecule has 1 aromatic heterocycles. The van der Waals surface area contributed by atoms with Gasteiger partial charge in [0.05, 0.1) is 5.69 Å². The first kappa shape index (κ1) is 8.72. The van der Waals surface area contributed by atoms with Gasteiger partial charge in [-0.25, -0.2) is 0 Å². The summed E-state index contributed by atoms with van der Waals surface area (Å²) in [6, 6.07) is 2.00. The fourth-order valence-corrected chi connectivity index (χ4v) is 1.14. The van der Waals surface area contributed by atoms with E-state index in [2.05, 4.69) is 24.6 Å².